The van der Waals surface area contributed by atoms with Crippen LogP contribution in [0.25, 0.3) is 5.69 Å². The first-order valence-corrected chi connectivity index (χ1v) is 8.39. The molecule has 2 aromatic carbocycles. The second-order valence-corrected chi connectivity index (χ2v) is 6.56. The van der Waals surface area contributed by atoms with Crippen LogP contribution < -0.4 is 0 Å². The zero-order valence-corrected chi connectivity index (χ0v) is 15.0. The van der Waals surface area contributed by atoms with E-state index in [1.807, 2.05) is 10.7 Å². The van der Waals surface area contributed by atoms with Crippen molar-refractivity contribution in [3.63, 3.8) is 0 Å². The highest BCUT2D eigenvalue weighted by atomic mass is 15.3. The summed E-state index contributed by atoms with van der Waals surface area (Å²) in [6.45, 7) is 8.24. The molecule has 0 fully saturated rings. The average Bonchev–Trinajstić information content (AvgIpc) is 2.84. The molecule has 3 heteroatoms. The Bertz CT molecular complexity index is 818. The summed E-state index contributed by atoms with van der Waals surface area (Å²) in [6, 6.07) is 19.0. The van der Waals surface area contributed by atoms with Crippen molar-refractivity contribution < 1.29 is 0 Å². The Morgan fingerprint density at radius 3 is 2.38 bits per heavy atom. The monoisotopic (exact) mass is 319 g/mol. The van der Waals surface area contributed by atoms with Gasteiger partial charge in [0, 0.05) is 24.3 Å². The fraction of sp³-hybridized carbons (Fsp3) is 0.286. The molecular weight excluding hydrogens is 294 g/mol. The molecule has 3 rings (SSSR count). The Balaban J connectivity index is 1.79. The summed E-state index contributed by atoms with van der Waals surface area (Å²) in [7, 11) is 2.17. The van der Waals surface area contributed by atoms with Crippen LogP contribution in [-0.2, 0) is 13.1 Å². The summed E-state index contributed by atoms with van der Waals surface area (Å²) in [4.78, 5) is 2.35. The fourth-order valence-corrected chi connectivity index (χ4v) is 3.17. The van der Waals surface area contributed by atoms with Gasteiger partial charge in [-0.15, -0.1) is 0 Å². The van der Waals surface area contributed by atoms with E-state index < -0.39 is 0 Å². The van der Waals surface area contributed by atoms with E-state index in [0.29, 0.717) is 0 Å². The van der Waals surface area contributed by atoms with Crippen LogP contribution in [0.15, 0.2) is 54.6 Å². The molecule has 0 atom stereocenters. The Kier molecular flexibility index (Phi) is 4.81. The minimum atomic E-state index is 0.901. The van der Waals surface area contributed by atoms with Crippen LogP contribution in [-0.4, -0.2) is 21.7 Å². The third-order valence-corrected chi connectivity index (χ3v) is 4.40. The number of aryl methyl sites for hydroxylation is 2. The van der Waals surface area contributed by atoms with Crippen LogP contribution in [0.1, 0.15) is 28.1 Å². The molecule has 0 amide bonds. The largest absolute Gasteiger partial charge is 0.298 e. The van der Waals surface area contributed by atoms with Gasteiger partial charge in [0.15, 0.2) is 0 Å². The number of hydrogen-bond acceptors (Lipinski definition) is 2. The number of hydrogen-bond donors (Lipinski definition) is 0. The van der Waals surface area contributed by atoms with Crippen LogP contribution in [0.2, 0.25) is 0 Å². The van der Waals surface area contributed by atoms with Crippen LogP contribution in [0.5, 0.6) is 0 Å². The van der Waals surface area contributed by atoms with E-state index in [1.54, 1.807) is 0 Å². The summed E-state index contributed by atoms with van der Waals surface area (Å²) in [5.74, 6) is 0. The van der Waals surface area contributed by atoms with Crippen molar-refractivity contribution in [3.8, 4) is 5.69 Å². The van der Waals surface area contributed by atoms with Crippen LogP contribution >= 0.6 is 0 Å². The molecule has 0 bridgehead atoms. The normalized spacial score (nSPS) is 11.2. The van der Waals surface area contributed by atoms with Gasteiger partial charge >= 0.3 is 0 Å². The van der Waals surface area contributed by atoms with Crippen molar-refractivity contribution in [2.24, 2.45) is 0 Å². The molecule has 0 aliphatic rings. The summed E-state index contributed by atoms with van der Waals surface area (Å²) >= 11 is 0. The predicted molar refractivity (Wildman–Crippen MR) is 99.4 cm³/mol. The van der Waals surface area contributed by atoms with Crippen LogP contribution in [0, 0.1) is 20.8 Å². The van der Waals surface area contributed by atoms with Gasteiger partial charge in [0.1, 0.15) is 0 Å². The molecule has 0 spiro atoms. The number of para-hydroxylation sites is 1. The maximum absolute atomic E-state index is 4.74. The van der Waals surface area contributed by atoms with E-state index >= 15 is 0 Å². The quantitative estimate of drug-likeness (QED) is 0.693. The van der Waals surface area contributed by atoms with Crippen LogP contribution in [0.3, 0.4) is 0 Å². The molecule has 0 aliphatic carbocycles. The summed E-state index contributed by atoms with van der Waals surface area (Å²) in [6.07, 6.45) is 0. The predicted octanol–water partition coefficient (Wildman–Crippen LogP) is 4.43. The number of benzene rings is 2. The van der Waals surface area contributed by atoms with Gasteiger partial charge in [0.05, 0.1) is 11.4 Å². The minimum Gasteiger partial charge on any atom is -0.298 e. The topological polar surface area (TPSA) is 21.1 Å². The molecule has 0 unspecified atom stereocenters. The summed E-state index contributed by atoms with van der Waals surface area (Å²) in [5.41, 5.74) is 7.41. The molecule has 0 saturated carbocycles. The molecule has 1 aromatic heterocycles. The van der Waals surface area contributed by atoms with Gasteiger partial charge in [-0.3, -0.25) is 4.90 Å². The van der Waals surface area contributed by atoms with Gasteiger partial charge in [-0.05, 0) is 45.5 Å². The lowest BCUT2D eigenvalue weighted by Crippen LogP contribution is -2.18. The number of nitrogens with zero attached hydrogens (tertiary/aromatic N) is 3. The van der Waals surface area contributed by atoms with E-state index in [0.717, 1.165) is 24.5 Å². The first-order chi connectivity index (χ1) is 11.5. The molecule has 0 aliphatic heterocycles. The highest BCUT2D eigenvalue weighted by molar-refractivity contribution is 5.37. The Morgan fingerprint density at radius 1 is 0.917 bits per heavy atom. The van der Waals surface area contributed by atoms with Crippen molar-refractivity contribution in [1.29, 1.82) is 0 Å². The van der Waals surface area contributed by atoms with E-state index in [-0.39, 0.29) is 0 Å². The zero-order valence-electron chi connectivity index (χ0n) is 15.0. The number of aromatic nitrogens is 2. The maximum atomic E-state index is 4.74. The van der Waals surface area contributed by atoms with Crippen molar-refractivity contribution in [2.75, 3.05) is 7.05 Å². The lowest BCUT2D eigenvalue weighted by molar-refractivity contribution is 0.317. The summed E-state index contributed by atoms with van der Waals surface area (Å²) in [5, 5.41) is 4.74. The van der Waals surface area contributed by atoms with Gasteiger partial charge in [-0.25, -0.2) is 4.68 Å². The van der Waals surface area contributed by atoms with E-state index in [2.05, 4.69) is 81.2 Å². The minimum absolute atomic E-state index is 0.901. The molecule has 124 valence electrons. The second kappa shape index (κ2) is 7.02. The Hall–Kier alpha value is -2.39. The first kappa shape index (κ1) is 16.5. The highest BCUT2D eigenvalue weighted by Gasteiger charge is 2.14. The standard InChI is InChI=1S/C21H25N3/c1-16-9-8-10-19(13-16)14-23(4)15-21-17(2)22-24(18(21)3)20-11-6-5-7-12-20/h5-13H,14-15H2,1-4H3. The third-order valence-electron chi connectivity index (χ3n) is 4.40. The van der Waals surface area contributed by atoms with Crippen molar-refractivity contribution in [1.82, 2.24) is 14.7 Å². The second-order valence-electron chi connectivity index (χ2n) is 6.56. The smallest absolute Gasteiger partial charge is 0.0648 e. The van der Waals surface area contributed by atoms with Gasteiger partial charge in [-0.2, -0.15) is 5.10 Å². The lowest BCUT2D eigenvalue weighted by atomic mass is 10.1. The van der Waals surface area contributed by atoms with E-state index in [4.69, 9.17) is 5.10 Å². The number of rotatable bonds is 5. The van der Waals surface area contributed by atoms with Crippen molar-refractivity contribution in [3.05, 3.63) is 82.7 Å². The molecule has 0 N–H and O–H groups in total. The Morgan fingerprint density at radius 2 is 1.67 bits per heavy atom. The van der Waals surface area contributed by atoms with E-state index in [9.17, 15) is 0 Å². The van der Waals surface area contributed by atoms with Gasteiger partial charge in [-0.1, -0.05) is 48.0 Å². The highest BCUT2D eigenvalue weighted by Crippen LogP contribution is 2.20. The first-order valence-electron chi connectivity index (χ1n) is 8.39. The molecule has 3 aromatic rings. The van der Waals surface area contributed by atoms with Gasteiger partial charge in [0.2, 0.25) is 0 Å². The van der Waals surface area contributed by atoms with Gasteiger partial charge < -0.3 is 0 Å². The van der Waals surface area contributed by atoms with Gasteiger partial charge in [0.25, 0.3) is 0 Å². The molecule has 24 heavy (non-hydrogen) atoms. The molecule has 0 radical (unpaired) electrons. The third kappa shape index (κ3) is 3.57. The zero-order chi connectivity index (χ0) is 17.1. The van der Waals surface area contributed by atoms with E-state index in [1.165, 1.54) is 22.4 Å². The molecule has 3 nitrogen and oxygen atoms in total. The molecular formula is C21H25N3. The van der Waals surface area contributed by atoms with Crippen LogP contribution in [0.4, 0.5) is 0 Å². The molecule has 1 heterocycles. The Labute approximate surface area is 144 Å². The maximum Gasteiger partial charge on any atom is 0.0648 e. The summed E-state index contributed by atoms with van der Waals surface area (Å²) < 4.78 is 2.05. The van der Waals surface area contributed by atoms with Crippen molar-refractivity contribution >= 4 is 0 Å². The fourth-order valence-electron chi connectivity index (χ4n) is 3.17. The molecule has 0 saturated heterocycles. The lowest BCUT2D eigenvalue weighted by Gasteiger charge is -2.17. The van der Waals surface area contributed by atoms with Crippen molar-refractivity contribution in [2.45, 2.75) is 33.9 Å². The average molecular weight is 319 g/mol. The SMILES string of the molecule is Cc1cccc(CN(C)Cc2c(C)nn(-c3ccccc3)c2C)c1.